The normalized spacial score (nSPS) is 9.67. The van der Waals surface area contributed by atoms with Crippen molar-refractivity contribution in [1.29, 1.82) is 0 Å². The lowest BCUT2D eigenvalue weighted by molar-refractivity contribution is 0.102. The van der Waals surface area contributed by atoms with Crippen molar-refractivity contribution < 1.29 is 14.3 Å². The van der Waals surface area contributed by atoms with Gasteiger partial charge in [-0.05, 0) is 36.8 Å². The number of rotatable bonds is 2. The van der Waals surface area contributed by atoms with Crippen LogP contribution in [0.25, 0.3) is 0 Å². The number of aliphatic hydroxyl groups is 1. The van der Waals surface area contributed by atoms with Crippen molar-refractivity contribution in [2.75, 3.05) is 11.9 Å². The molecule has 0 aliphatic carbocycles. The van der Waals surface area contributed by atoms with E-state index >= 15 is 0 Å². The van der Waals surface area contributed by atoms with Crippen molar-refractivity contribution in [2.45, 2.75) is 6.92 Å². The van der Waals surface area contributed by atoms with E-state index in [-0.39, 0.29) is 12.3 Å². The molecule has 1 amide bonds. The second-order valence-electron chi connectivity index (χ2n) is 4.28. The van der Waals surface area contributed by atoms with Gasteiger partial charge in [0.2, 0.25) is 0 Å². The number of pyridine rings is 1. The van der Waals surface area contributed by atoms with E-state index in [1.165, 1.54) is 12.3 Å². The summed E-state index contributed by atoms with van der Waals surface area (Å²) in [7, 11) is 0. The van der Waals surface area contributed by atoms with Gasteiger partial charge in [0.1, 0.15) is 18.1 Å². The van der Waals surface area contributed by atoms with Crippen molar-refractivity contribution in [2.24, 2.45) is 0 Å². The molecule has 0 saturated carbocycles. The molecule has 1 aromatic carbocycles. The Morgan fingerprint density at radius 1 is 1.43 bits per heavy atom. The maximum atomic E-state index is 13.5. The minimum absolute atomic E-state index is 0.124. The molecular formula is C16H13FN2O2. The average Bonchev–Trinajstić information content (AvgIpc) is 2.49. The number of halogens is 1. The molecule has 0 atom stereocenters. The fraction of sp³-hybridized carbons (Fsp3) is 0.125. The topological polar surface area (TPSA) is 62.2 Å². The Bertz CT molecular complexity index is 733. The molecule has 1 heterocycles. The van der Waals surface area contributed by atoms with Crippen LogP contribution < -0.4 is 5.32 Å². The third-order valence-electron chi connectivity index (χ3n) is 2.75. The van der Waals surface area contributed by atoms with Gasteiger partial charge < -0.3 is 10.4 Å². The molecule has 0 bridgehead atoms. The Hall–Kier alpha value is -2.71. The van der Waals surface area contributed by atoms with Crippen molar-refractivity contribution in [3.63, 3.8) is 0 Å². The maximum Gasteiger partial charge on any atom is 0.275 e. The number of nitrogens with one attached hydrogen (secondary N) is 1. The Balaban J connectivity index is 2.26. The first kappa shape index (κ1) is 14.7. The molecular weight excluding hydrogens is 271 g/mol. The van der Waals surface area contributed by atoms with E-state index in [0.29, 0.717) is 16.8 Å². The van der Waals surface area contributed by atoms with E-state index in [1.807, 2.05) is 0 Å². The molecule has 5 heteroatoms. The van der Waals surface area contributed by atoms with Gasteiger partial charge in [-0.2, -0.15) is 0 Å². The number of carbonyl (C=O) groups is 1. The summed E-state index contributed by atoms with van der Waals surface area (Å²) in [6, 6.07) is 7.70. The summed E-state index contributed by atoms with van der Waals surface area (Å²) in [6.07, 6.45) is 1.47. The Morgan fingerprint density at radius 3 is 2.95 bits per heavy atom. The predicted molar refractivity (Wildman–Crippen MR) is 77.3 cm³/mol. The van der Waals surface area contributed by atoms with Crippen molar-refractivity contribution in [1.82, 2.24) is 4.98 Å². The third-order valence-corrected chi connectivity index (χ3v) is 2.75. The minimum atomic E-state index is -0.485. The number of hydrogen-bond acceptors (Lipinski definition) is 3. The third kappa shape index (κ3) is 3.65. The summed E-state index contributed by atoms with van der Waals surface area (Å²) in [5.74, 6) is 4.24. The van der Waals surface area contributed by atoms with Crippen LogP contribution in [0.2, 0.25) is 0 Å². The number of hydrogen-bond donors (Lipinski definition) is 2. The fourth-order valence-electron chi connectivity index (χ4n) is 1.68. The van der Waals surface area contributed by atoms with Crippen LogP contribution in [0.15, 0.2) is 36.5 Å². The fourth-order valence-corrected chi connectivity index (χ4v) is 1.68. The molecule has 2 aromatic rings. The average molecular weight is 284 g/mol. The molecule has 2 N–H and O–H groups in total. The zero-order chi connectivity index (χ0) is 15.2. The number of anilines is 1. The molecule has 0 radical (unpaired) electrons. The van der Waals surface area contributed by atoms with E-state index < -0.39 is 11.7 Å². The molecule has 0 fully saturated rings. The molecule has 2 rings (SSSR count). The summed E-state index contributed by atoms with van der Waals surface area (Å²) < 4.78 is 13.5. The maximum absolute atomic E-state index is 13.5. The molecule has 0 aliphatic heterocycles. The monoisotopic (exact) mass is 284 g/mol. The molecule has 21 heavy (non-hydrogen) atoms. The first-order chi connectivity index (χ1) is 10.1. The van der Waals surface area contributed by atoms with Gasteiger partial charge in [0.15, 0.2) is 0 Å². The largest absolute Gasteiger partial charge is 0.384 e. The Labute approximate surface area is 121 Å². The van der Waals surface area contributed by atoms with Crippen LogP contribution in [0.4, 0.5) is 10.1 Å². The number of carbonyl (C=O) groups excluding carboxylic acids is 1. The van der Waals surface area contributed by atoms with E-state index in [4.69, 9.17) is 5.11 Å². The van der Waals surface area contributed by atoms with Crippen molar-refractivity contribution in [3.05, 3.63) is 59.2 Å². The van der Waals surface area contributed by atoms with Crippen LogP contribution in [0, 0.1) is 24.6 Å². The lowest BCUT2D eigenvalue weighted by atomic mass is 10.1. The van der Waals surface area contributed by atoms with Gasteiger partial charge in [-0.25, -0.2) is 9.37 Å². The highest BCUT2D eigenvalue weighted by Crippen LogP contribution is 2.15. The van der Waals surface area contributed by atoms with Gasteiger partial charge in [0, 0.05) is 11.9 Å². The second kappa shape index (κ2) is 6.64. The molecule has 0 saturated heterocycles. The van der Waals surface area contributed by atoms with Crippen molar-refractivity contribution >= 4 is 11.6 Å². The van der Waals surface area contributed by atoms with Crippen LogP contribution in [0.3, 0.4) is 0 Å². The van der Waals surface area contributed by atoms with E-state index in [9.17, 15) is 9.18 Å². The number of aliphatic hydroxyl groups excluding tert-OH is 1. The SMILES string of the molecule is Cc1ccc(NC(=O)c2ncccc2C#CCO)cc1F. The van der Waals surface area contributed by atoms with Gasteiger partial charge in [-0.3, -0.25) is 4.79 Å². The zero-order valence-electron chi connectivity index (χ0n) is 11.4. The number of nitrogens with zero attached hydrogens (tertiary/aromatic N) is 1. The smallest absolute Gasteiger partial charge is 0.275 e. The van der Waals surface area contributed by atoms with Gasteiger partial charge in [0.05, 0.1) is 5.56 Å². The van der Waals surface area contributed by atoms with Crippen LogP contribution in [0.1, 0.15) is 21.6 Å². The highest BCUT2D eigenvalue weighted by molar-refractivity contribution is 6.04. The molecule has 4 nitrogen and oxygen atoms in total. The predicted octanol–water partition coefficient (Wildman–Crippen LogP) is 2.13. The first-order valence-electron chi connectivity index (χ1n) is 6.24. The van der Waals surface area contributed by atoms with Gasteiger partial charge in [0.25, 0.3) is 5.91 Å². The summed E-state index contributed by atoms with van der Waals surface area (Å²) >= 11 is 0. The summed E-state index contributed by atoms with van der Waals surface area (Å²) in [6.45, 7) is 1.33. The Kier molecular flexibility index (Phi) is 4.64. The summed E-state index contributed by atoms with van der Waals surface area (Å²) in [4.78, 5) is 16.1. The highest BCUT2D eigenvalue weighted by Gasteiger charge is 2.12. The lowest BCUT2D eigenvalue weighted by Crippen LogP contribution is -2.15. The molecule has 0 unspecified atom stereocenters. The molecule has 106 valence electrons. The molecule has 0 spiro atoms. The van der Waals surface area contributed by atoms with E-state index in [2.05, 4.69) is 22.1 Å². The zero-order valence-corrected chi connectivity index (χ0v) is 11.4. The Morgan fingerprint density at radius 2 is 2.24 bits per heavy atom. The van der Waals surface area contributed by atoms with Crippen LogP contribution in [-0.2, 0) is 0 Å². The van der Waals surface area contributed by atoms with Crippen molar-refractivity contribution in [3.8, 4) is 11.8 Å². The number of aryl methyl sites for hydroxylation is 1. The van der Waals surface area contributed by atoms with Crippen LogP contribution >= 0.6 is 0 Å². The quantitative estimate of drug-likeness (QED) is 0.830. The highest BCUT2D eigenvalue weighted by atomic mass is 19.1. The lowest BCUT2D eigenvalue weighted by Gasteiger charge is -2.07. The standard InChI is InChI=1S/C16H13FN2O2/c1-11-6-7-13(10-14(11)17)19-16(21)15-12(5-3-9-20)4-2-8-18-15/h2,4,6-8,10,20H,9H2,1H3,(H,19,21). The van der Waals surface area contributed by atoms with Crippen LogP contribution in [0.5, 0.6) is 0 Å². The first-order valence-corrected chi connectivity index (χ1v) is 6.24. The van der Waals surface area contributed by atoms with E-state index in [1.54, 1.807) is 31.2 Å². The number of aromatic nitrogens is 1. The minimum Gasteiger partial charge on any atom is -0.384 e. The van der Waals surface area contributed by atoms with E-state index in [0.717, 1.165) is 0 Å². The van der Waals surface area contributed by atoms with Gasteiger partial charge in [-0.1, -0.05) is 17.9 Å². The summed E-state index contributed by atoms with van der Waals surface area (Å²) in [5, 5.41) is 11.3. The number of amides is 1. The molecule has 1 aromatic heterocycles. The molecule has 0 aliphatic rings. The van der Waals surface area contributed by atoms with Gasteiger partial charge >= 0.3 is 0 Å². The van der Waals surface area contributed by atoms with Gasteiger partial charge in [-0.15, -0.1) is 0 Å². The second-order valence-corrected chi connectivity index (χ2v) is 4.28. The van der Waals surface area contributed by atoms with Crippen LogP contribution in [-0.4, -0.2) is 22.6 Å². The summed E-state index contributed by atoms with van der Waals surface area (Å²) in [5.41, 5.74) is 1.37. The number of benzene rings is 1.